The zero-order valence-electron chi connectivity index (χ0n) is 19.0. The summed E-state index contributed by atoms with van der Waals surface area (Å²) in [6.45, 7) is 4.30. The zero-order valence-corrected chi connectivity index (χ0v) is 19.0. The lowest BCUT2D eigenvalue weighted by Gasteiger charge is -2.39. The van der Waals surface area contributed by atoms with Gasteiger partial charge >= 0.3 is 6.03 Å². The first-order valence-electron chi connectivity index (χ1n) is 12.0. The number of hydrogen-bond acceptors (Lipinski definition) is 4. The summed E-state index contributed by atoms with van der Waals surface area (Å²) in [6, 6.07) is 4.14. The third-order valence-electron chi connectivity index (χ3n) is 7.56. The SMILES string of the molecule is C[C@H]1C[C@H](Cc2ccn3ncc(N4CCC(=O)NC4=O)c3c2)CCN1C[C@H]1CCC(F)(F)C1. The Kier molecular flexibility index (Phi) is 5.84. The average molecular weight is 460 g/mol. The highest BCUT2D eigenvalue weighted by Gasteiger charge is 2.40. The molecule has 7 nitrogen and oxygen atoms in total. The van der Waals surface area contributed by atoms with Crippen LogP contribution in [-0.4, -0.2) is 58.1 Å². The highest BCUT2D eigenvalue weighted by molar-refractivity contribution is 6.07. The number of carbonyl (C=O) groups is 2. The molecule has 0 spiro atoms. The molecule has 3 fully saturated rings. The second-order valence-electron chi connectivity index (χ2n) is 10.1. The Hall–Kier alpha value is -2.55. The van der Waals surface area contributed by atoms with Crippen molar-refractivity contribution in [1.29, 1.82) is 0 Å². The molecule has 1 N–H and O–H groups in total. The molecule has 4 heterocycles. The highest BCUT2D eigenvalue weighted by Crippen LogP contribution is 2.40. The zero-order chi connectivity index (χ0) is 23.2. The number of hydrogen-bond donors (Lipinski definition) is 1. The number of carbonyl (C=O) groups excluding carboxylic acids is 2. The first-order chi connectivity index (χ1) is 15.8. The van der Waals surface area contributed by atoms with Crippen LogP contribution in [0.5, 0.6) is 0 Å². The van der Waals surface area contributed by atoms with Crippen molar-refractivity contribution in [2.45, 2.75) is 63.8 Å². The third-order valence-corrected chi connectivity index (χ3v) is 7.56. The van der Waals surface area contributed by atoms with Crippen LogP contribution in [-0.2, 0) is 11.2 Å². The maximum Gasteiger partial charge on any atom is 0.328 e. The Balaban J connectivity index is 1.23. The van der Waals surface area contributed by atoms with E-state index in [9.17, 15) is 18.4 Å². The minimum Gasteiger partial charge on any atom is -0.300 e. The Morgan fingerprint density at radius 3 is 2.79 bits per heavy atom. The number of anilines is 1. The van der Waals surface area contributed by atoms with Gasteiger partial charge in [0.25, 0.3) is 0 Å². The Morgan fingerprint density at radius 1 is 1.21 bits per heavy atom. The van der Waals surface area contributed by atoms with Crippen molar-refractivity contribution >= 4 is 23.1 Å². The maximum absolute atomic E-state index is 13.6. The van der Waals surface area contributed by atoms with Gasteiger partial charge in [0.1, 0.15) is 0 Å². The standard InChI is InChI=1S/C24H31F2N5O2/c1-16-10-17(3-7-29(16)15-19-2-6-24(25,26)13-19)11-18-4-9-31-20(12-18)21(14-27-31)30-8-5-22(32)28-23(30)33/h4,9,12,14,16-17,19H,2-3,5-8,10-11,13,15H2,1H3,(H,28,32,33)/t16-,17+,19-/m0/s1. The van der Waals surface area contributed by atoms with Gasteiger partial charge in [0, 0.05) is 44.6 Å². The molecular weight excluding hydrogens is 428 g/mol. The summed E-state index contributed by atoms with van der Waals surface area (Å²) >= 11 is 0. The predicted molar refractivity (Wildman–Crippen MR) is 120 cm³/mol. The molecule has 1 aliphatic carbocycles. The molecular formula is C24H31F2N5O2. The van der Waals surface area contributed by atoms with Crippen molar-refractivity contribution in [2.24, 2.45) is 11.8 Å². The third kappa shape index (κ3) is 4.74. The number of likely N-dealkylation sites (tertiary alicyclic amines) is 1. The van der Waals surface area contributed by atoms with Gasteiger partial charge in [-0.3, -0.25) is 15.0 Å². The fourth-order valence-electron chi connectivity index (χ4n) is 5.78. The molecule has 0 bridgehead atoms. The van der Waals surface area contributed by atoms with Gasteiger partial charge in [0.05, 0.1) is 17.4 Å². The van der Waals surface area contributed by atoms with E-state index in [1.807, 2.05) is 6.20 Å². The maximum atomic E-state index is 13.6. The van der Waals surface area contributed by atoms with Gasteiger partial charge in [0.2, 0.25) is 11.8 Å². The first kappa shape index (κ1) is 22.3. The summed E-state index contributed by atoms with van der Waals surface area (Å²) in [5, 5.41) is 6.73. The van der Waals surface area contributed by atoms with E-state index in [1.54, 1.807) is 15.6 Å². The number of aromatic nitrogens is 2. The lowest BCUT2D eigenvalue weighted by Crippen LogP contribution is -2.49. The Labute approximate surface area is 192 Å². The van der Waals surface area contributed by atoms with Crippen LogP contribution < -0.4 is 10.2 Å². The minimum absolute atomic E-state index is 0.0382. The number of amides is 3. The molecule has 3 amide bonds. The molecule has 1 saturated carbocycles. The summed E-state index contributed by atoms with van der Waals surface area (Å²) in [4.78, 5) is 27.7. The summed E-state index contributed by atoms with van der Waals surface area (Å²) in [7, 11) is 0. The summed E-state index contributed by atoms with van der Waals surface area (Å²) in [6.07, 6.45) is 7.62. The number of imide groups is 1. The van der Waals surface area contributed by atoms with Crippen molar-refractivity contribution < 1.29 is 18.4 Å². The van der Waals surface area contributed by atoms with Crippen molar-refractivity contribution in [3.05, 3.63) is 30.1 Å². The van der Waals surface area contributed by atoms with Crippen LogP contribution in [0.1, 0.15) is 51.0 Å². The van der Waals surface area contributed by atoms with E-state index < -0.39 is 12.0 Å². The first-order valence-corrected chi connectivity index (χ1v) is 12.0. The van der Waals surface area contributed by atoms with Crippen LogP contribution in [0.3, 0.4) is 0 Å². The quantitative estimate of drug-likeness (QED) is 0.737. The largest absolute Gasteiger partial charge is 0.328 e. The molecule has 5 rings (SSSR count). The van der Waals surface area contributed by atoms with E-state index in [0.717, 1.165) is 37.9 Å². The van der Waals surface area contributed by atoms with Crippen LogP contribution in [0.4, 0.5) is 19.3 Å². The number of rotatable bonds is 5. The number of nitrogens with one attached hydrogen (secondary N) is 1. The van der Waals surface area contributed by atoms with Gasteiger partial charge in [0.15, 0.2) is 0 Å². The number of fused-ring (bicyclic) bond motifs is 1. The van der Waals surface area contributed by atoms with E-state index in [4.69, 9.17) is 0 Å². The smallest absolute Gasteiger partial charge is 0.300 e. The normalized spacial score (nSPS) is 28.5. The molecule has 9 heteroatoms. The van der Waals surface area contributed by atoms with Gasteiger partial charge in [-0.2, -0.15) is 5.10 Å². The molecule has 2 saturated heterocycles. The Bertz CT molecular complexity index is 1050. The van der Waals surface area contributed by atoms with Gasteiger partial charge in [-0.25, -0.2) is 18.1 Å². The van der Waals surface area contributed by atoms with Gasteiger partial charge < -0.3 is 4.90 Å². The van der Waals surface area contributed by atoms with Crippen molar-refractivity contribution in [3.63, 3.8) is 0 Å². The van der Waals surface area contributed by atoms with Crippen LogP contribution >= 0.6 is 0 Å². The van der Waals surface area contributed by atoms with E-state index in [1.165, 1.54) is 5.56 Å². The number of halogens is 2. The molecule has 178 valence electrons. The summed E-state index contributed by atoms with van der Waals surface area (Å²) < 4.78 is 28.9. The number of pyridine rings is 1. The second-order valence-corrected chi connectivity index (χ2v) is 10.1. The molecule has 2 aliphatic heterocycles. The molecule has 2 aromatic heterocycles. The molecule has 0 radical (unpaired) electrons. The molecule has 33 heavy (non-hydrogen) atoms. The summed E-state index contributed by atoms with van der Waals surface area (Å²) in [5.74, 6) is -2.08. The fraction of sp³-hybridized carbons (Fsp3) is 0.625. The average Bonchev–Trinajstić information content (AvgIpc) is 3.32. The second kappa shape index (κ2) is 8.66. The van der Waals surface area contributed by atoms with Gasteiger partial charge in [-0.1, -0.05) is 0 Å². The number of piperidine rings is 1. The molecule has 3 atom stereocenters. The lowest BCUT2D eigenvalue weighted by atomic mass is 9.86. The molecule has 3 aliphatic rings. The van der Waals surface area contributed by atoms with Crippen LogP contribution in [0.25, 0.3) is 5.52 Å². The summed E-state index contributed by atoms with van der Waals surface area (Å²) in [5.41, 5.74) is 2.75. The number of urea groups is 1. The van der Waals surface area contributed by atoms with E-state index in [2.05, 4.69) is 34.4 Å². The lowest BCUT2D eigenvalue weighted by molar-refractivity contribution is -0.120. The topological polar surface area (TPSA) is 70.0 Å². The van der Waals surface area contributed by atoms with Crippen LogP contribution in [0.15, 0.2) is 24.5 Å². The van der Waals surface area contributed by atoms with Crippen molar-refractivity contribution in [3.8, 4) is 0 Å². The number of alkyl halides is 2. The molecule has 2 aromatic rings. The van der Waals surface area contributed by atoms with E-state index in [-0.39, 0.29) is 31.1 Å². The van der Waals surface area contributed by atoms with Crippen LogP contribution in [0, 0.1) is 11.8 Å². The highest BCUT2D eigenvalue weighted by atomic mass is 19.3. The Morgan fingerprint density at radius 2 is 2.06 bits per heavy atom. The van der Waals surface area contributed by atoms with E-state index in [0.29, 0.717) is 30.6 Å². The predicted octanol–water partition coefficient (Wildman–Crippen LogP) is 3.86. The van der Waals surface area contributed by atoms with E-state index >= 15 is 0 Å². The van der Waals surface area contributed by atoms with Crippen molar-refractivity contribution in [2.75, 3.05) is 24.5 Å². The van der Waals surface area contributed by atoms with Gasteiger partial charge in [-0.05, 0) is 68.7 Å². The van der Waals surface area contributed by atoms with Crippen molar-refractivity contribution in [1.82, 2.24) is 19.8 Å². The fourth-order valence-corrected chi connectivity index (χ4v) is 5.78. The monoisotopic (exact) mass is 459 g/mol. The number of nitrogens with zero attached hydrogens (tertiary/aromatic N) is 4. The van der Waals surface area contributed by atoms with Crippen LogP contribution in [0.2, 0.25) is 0 Å². The molecule has 0 unspecified atom stereocenters. The minimum atomic E-state index is -2.47. The molecule has 0 aromatic carbocycles. The van der Waals surface area contributed by atoms with Gasteiger partial charge in [-0.15, -0.1) is 0 Å².